The van der Waals surface area contributed by atoms with E-state index in [4.69, 9.17) is 9.47 Å². The highest BCUT2D eigenvalue weighted by Crippen LogP contribution is 2.16. The quantitative estimate of drug-likeness (QED) is 0.816. The summed E-state index contributed by atoms with van der Waals surface area (Å²) in [7, 11) is 0. The smallest absolute Gasteiger partial charge is 0.408 e. The fraction of sp³-hybridized carbons (Fsp3) is 0.385. The highest BCUT2D eigenvalue weighted by Gasteiger charge is 2.40. The van der Waals surface area contributed by atoms with E-state index < -0.39 is 24.2 Å². The summed E-state index contributed by atoms with van der Waals surface area (Å²) in [5.41, 5.74) is 1.01. The number of hydrogen-bond acceptors (Lipinski definition) is 4. The lowest BCUT2D eigenvalue weighted by atomic mass is 10.0. The Balaban J connectivity index is 2.05. The molecule has 0 aliphatic carbocycles. The lowest BCUT2D eigenvalue weighted by molar-refractivity contribution is -0.146. The number of carbonyl (C=O) groups excluding carboxylic acids is 2. The Morgan fingerprint density at radius 2 is 2.11 bits per heavy atom. The second-order valence-electron chi connectivity index (χ2n) is 4.01. The van der Waals surface area contributed by atoms with Crippen LogP contribution in [0.3, 0.4) is 0 Å². The number of carbonyl (C=O) groups is 2. The molecule has 1 aliphatic heterocycles. The zero-order valence-electron chi connectivity index (χ0n) is 10.1. The molecule has 0 radical (unpaired) electrons. The number of amides is 1. The van der Waals surface area contributed by atoms with Gasteiger partial charge in [-0.3, -0.25) is 0 Å². The molecule has 18 heavy (non-hydrogen) atoms. The Hall–Kier alpha value is -2.04. The van der Waals surface area contributed by atoms with Crippen LogP contribution in [0.2, 0.25) is 0 Å². The van der Waals surface area contributed by atoms with Gasteiger partial charge in [-0.05, 0) is 12.5 Å². The first-order valence-electron chi connectivity index (χ1n) is 5.88. The van der Waals surface area contributed by atoms with Gasteiger partial charge in [-0.15, -0.1) is 0 Å². The molecule has 2 atom stereocenters. The van der Waals surface area contributed by atoms with Gasteiger partial charge in [-0.1, -0.05) is 30.3 Å². The van der Waals surface area contributed by atoms with Crippen molar-refractivity contribution in [1.29, 1.82) is 0 Å². The van der Waals surface area contributed by atoms with Gasteiger partial charge in [0.2, 0.25) is 0 Å². The van der Waals surface area contributed by atoms with Gasteiger partial charge in [-0.25, -0.2) is 9.59 Å². The zero-order chi connectivity index (χ0) is 13.0. The van der Waals surface area contributed by atoms with Crippen molar-refractivity contribution >= 4 is 12.1 Å². The average Bonchev–Trinajstić information content (AvgIpc) is 2.72. The summed E-state index contributed by atoms with van der Waals surface area (Å²) in [4.78, 5) is 22.9. The zero-order valence-corrected chi connectivity index (χ0v) is 10.1. The van der Waals surface area contributed by atoms with Gasteiger partial charge in [0.05, 0.1) is 6.61 Å². The van der Waals surface area contributed by atoms with Gasteiger partial charge in [0.15, 0.2) is 6.04 Å². The van der Waals surface area contributed by atoms with Gasteiger partial charge in [-0.2, -0.15) is 0 Å². The third-order valence-corrected chi connectivity index (χ3v) is 2.72. The Morgan fingerprint density at radius 1 is 1.39 bits per heavy atom. The molecule has 1 aliphatic rings. The Bertz CT molecular complexity index is 432. The Labute approximate surface area is 105 Å². The molecule has 5 heteroatoms. The first-order chi connectivity index (χ1) is 8.70. The molecule has 0 bridgehead atoms. The minimum atomic E-state index is -0.724. The van der Waals surface area contributed by atoms with E-state index in [1.54, 1.807) is 6.92 Å². The second-order valence-corrected chi connectivity index (χ2v) is 4.01. The average molecular weight is 249 g/mol. The normalized spacial score (nSPS) is 22.2. The molecule has 1 amide bonds. The molecule has 1 heterocycles. The van der Waals surface area contributed by atoms with Crippen LogP contribution in [-0.4, -0.2) is 30.8 Å². The van der Waals surface area contributed by atoms with Crippen LogP contribution in [0.15, 0.2) is 30.3 Å². The van der Waals surface area contributed by atoms with Crippen LogP contribution in [0.25, 0.3) is 0 Å². The van der Waals surface area contributed by atoms with Crippen molar-refractivity contribution in [1.82, 2.24) is 5.32 Å². The van der Waals surface area contributed by atoms with Crippen molar-refractivity contribution < 1.29 is 19.1 Å². The molecule has 1 aromatic carbocycles. The van der Waals surface area contributed by atoms with E-state index in [0.29, 0.717) is 6.42 Å². The van der Waals surface area contributed by atoms with Crippen molar-refractivity contribution in [2.45, 2.75) is 25.5 Å². The highest BCUT2D eigenvalue weighted by molar-refractivity contribution is 5.85. The van der Waals surface area contributed by atoms with E-state index in [1.165, 1.54) is 0 Å². The number of hydrogen-bond donors (Lipinski definition) is 1. The number of nitrogens with one attached hydrogen (secondary N) is 1. The number of esters is 1. The molecule has 5 nitrogen and oxygen atoms in total. The number of ether oxygens (including phenoxy) is 2. The minimum absolute atomic E-state index is 0.281. The summed E-state index contributed by atoms with van der Waals surface area (Å²) in [5.74, 6) is -0.454. The van der Waals surface area contributed by atoms with E-state index in [9.17, 15) is 9.59 Å². The van der Waals surface area contributed by atoms with Crippen LogP contribution in [0.1, 0.15) is 12.5 Å². The van der Waals surface area contributed by atoms with E-state index in [2.05, 4.69) is 5.32 Å². The first kappa shape index (κ1) is 12.4. The second kappa shape index (κ2) is 5.53. The van der Waals surface area contributed by atoms with E-state index in [1.807, 2.05) is 30.3 Å². The van der Waals surface area contributed by atoms with E-state index >= 15 is 0 Å². The molecule has 2 unspecified atom stereocenters. The fourth-order valence-electron chi connectivity index (χ4n) is 1.91. The topological polar surface area (TPSA) is 64.6 Å². The SMILES string of the molecule is CCOC(=O)C1NC(=O)OC1Cc1ccccc1. The maximum absolute atomic E-state index is 11.7. The Morgan fingerprint density at radius 3 is 2.78 bits per heavy atom. The fourth-order valence-corrected chi connectivity index (χ4v) is 1.91. The minimum Gasteiger partial charge on any atom is -0.464 e. The highest BCUT2D eigenvalue weighted by atomic mass is 16.6. The third kappa shape index (κ3) is 2.80. The van der Waals surface area contributed by atoms with E-state index in [0.717, 1.165) is 5.56 Å². The lowest BCUT2D eigenvalue weighted by Crippen LogP contribution is -2.41. The predicted octanol–water partition coefficient (Wildman–Crippen LogP) is 1.27. The van der Waals surface area contributed by atoms with Crippen molar-refractivity contribution in [3.05, 3.63) is 35.9 Å². The molecule has 0 spiro atoms. The lowest BCUT2D eigenvalue weighted by Gasteiger charge is -2.15. The maximum atomic E-state index is 11.7. The van der Waals surface area contributed by atoms with Crippen molar-refractivity contribution in [3.8, 4) is 0 Å². The van der Waals surface area contributed by atoms with Gasteiger partial charge in [0.1, 0.15) is 6.10 Å². The van der Waals surface area contributed by atoms with Gasteiger partial charge in [0.25, 0.3) is 0 Å². The van der Waals surface area contributed by atoms with Crippen molar-refractivity contribution in [3.63, 3.8) is 0 Å². The summed E-state index contributed by atoms with van der Waals surface area (Å²) in [5, 5.41) is 2.47. The van der Waals surface area contributed by atoms with Crippen LogP contribution in [-0.2, 0) is 20.7 Å². The summed E-state index contributed by atoms with van der Waals surface area (Å²) in [6.07, 6.45) is -0.601. The Kier molecular flexibility index (Phi) is 3.82. The molecular formula is C13H15NO4. The largest absolute Gasteiger partial charge is 0.464 e. The first-order valence-corrected chi connectivity index (χ1v) is 5.88. The summed E-state index contributed by atoms with van der Waals surface area (Å²) >= 11 is 0. The van der Waals surface area contributed by atoms with Crippen LogP contribution in [0.5, 0.6) is 0 Å². The number of benzene rings is 1. The molecule has 96 valence electrons. The van der Waals surface area contributed by atoms with Crippen molar-refractivity contribution in [2.24, 2.45) is 0 Å². The summed E-state index contributed by atoms with van der Waals surface area (Å²) < 4.78 is 10.0. The number of alkyl carbamates (subject to hydrolysis) is 1. The number of rotatable bonds is 4. The van der Waals surface area contributed by atoms with Gasteiger partial charge < -0.3 is 14.8 Å². The van der Waals surface area contributed by atoms with Crippen LogP contribution in [0.4, 0.5) is 4.79 Å². The van der Waals surface area contributed by atoms with Gasteiger partial charge >= 0.3 is 12.1 Å². The van der Waals surface area contributed by atoms with Crippen LogP contribution < -0.4 is 5.32 Å². The number of cyclic esters (lactones) is 1. The molecular weight excluding hydrogens is 234 g/mol. The molecule has 1 aromatic rings. The van der Waals surface area contributed by atoms with Crippen LogP contribution in [0, 0.1) is 0 Å². The maximum Gasteiger partial charge on any atom is 0.408 e. The van der Waals surface area contributed by atoms with Crippen LogP contribution >= 0.6 is 0 Å². The van der Waals surface area contributed by atoms with Crippen molar-refractivity contribution in [2.75, 3.05) is 6.61 Å². The molecule has 1 fully saturated rings. The predicted molar refractivity (Wildman–Crippen MR) is 64.0 cm³/mol. The van der Waals surface area contributed by atoms with Gasteiger partial charge in [0, 0.05) is 6.42 Å². The molecule has 0 aromatic heterocycles. The molecule has 0 saturated carbocycles. The summed E-state index contributed by atoms with van der Waals surface area (Å²) in [6.45, 7) is 2.00. The molecule has 2 rings (SSSR count). The third-order valence-electron chi connectivity index (χ3n) is 2.72. The standard InChI is InChI=1S/C13H15NO4/c1-2-17-12(15)11-10(18-13(16)14-11)8-9-6-4-3-5-7-9/h3-7,10-11H,2,8H2,1H3,(H,14,16). The summed E-state index contributed by atoms with van der Waals surface area (Å²) in [6, 6.07) is 8.84. The molecule has 1 N–H and O–H groups in total. The molecule has 1 saturated heterocycles. The monoisotopic (exact) mass is 249 g/mol. The van der Waals surface area contributed by atoms with E-state index in [-0.39, 0.29) is 6.61 Å².